The summed E-state index contributed by atoms with van der Waals surface area (Å²) in [6, 6.07) is 8.84. The van der Waals surface area contributed by atoms with Crippen LogP contribution in [0, 0.1) is 0 Å². The van der Waals surface area contributed by atoms with E-state index >= 15 is 0 Å². The van der Waals surface area contributed by atoms with Gasteiger partial charge in [-0.25, -0.2) is 4.98 Å². The fourth-order valence-corrected chi connectivity index (χ4v) is 1.72. The molecule has 2 N–H and O–H groups in total. The zero-order chi connectivity index (χ0) is 14.4. The Hall–Kier alpha value is -2.34. The standard InChI is InChI=1S/C14H17N3O3/c1-19-8-7-15-14-16-12(9-13(18)17-14)10-3-5-11(20-2)6-4-10/h3-6,9H,7-8H2,1-2H3,(H2,15,16,17,18). The van der Waals surface area contributed by atoms with E-state index in [9.17, 15) is 4.79 Å². The third-order valence-corrected chi connectivity index (χ3v) is 2.73. The van der Waals surface area contributed by atoms with Gasteiger partial charge in [-0.2, -0.15) is 0 Å². The van der Waals surface area contributed by atoms with Gasteiger partial charge in [-0.15, -0.1) is 0 Å². The molecule has 1 aromatic carbocycles. The van der Waals surface area contributed by atoms with E-state index in [1.54, 1.807) is 14.2 Å². The monoisotopic (exact) mass is 275 g/mol. The quantitative estimate of drug-likeness (QED) is 0.781. The molecule has 6 heteroatoms. The van der Waals surface area contributed by atoms with Gasteiger partial charge in [-0.05, 0) is 24.3 Å². The smallest absolute Gasteiger partial charge is 0.252 e. The Morgan fingerprint density at radius 2 is 2.00 bits per heavy atom. The molecule has 0 fully saturated rings. The van der Waals surface area contributed by atoms with E-state index in [4.69, 9.17) is 9.47 Å². The van der Waals surface area contributed by atoms with Crippen LogP contribution in [0.25, 0.3) is 11.3 Å². The van der Waals surface area contributed by atoms with Crippen LogP contribution in [0.5, 0.6) is 5.75 Å². The minimum absolute atomic E-state index is 0.203. The fourth-order valence-electron chi connectivity index (χ4n) is 1.72. The van der Waals surface area contributed by atoms with E-state index < -0.39 is 0 Å². The van der Waals surface area contributed by atoms with E-state index in [0.717, 1.165) is 11.3 Å². The van der Waals surface area contributed by atoms with Gasteiger partial charge in [-0.3, -0.25) is 9.78 Å². The number of benzene rings is 1. The normalized spacial score (nSPS) is 10.3. The molecular weight excluding hydrogens is 258 g/mol. The number of aromatic amines is 1. The van der Waals surface area contributed by atoms with Crippen molar-refractivity contribution in [2.75, 3.05) is 32.7 Å². The second-order valence-electron chi connectivity index (χ2n) is 4.13. The third-order valence-electron chi connectivity index (χ3n) is 2.73. The molecule has 0 atom stereocenters. The molecule has 0 unspecified atom stereocenters. The molecule has 6 nitrogen and oxygen atoms in total. The maximum absolute atomic E-state index is 11.6. The molecule has 0 aliphatic heterocycles. The Balaban J connectivity index is 2.24. The molecule has 0 aliphatic carbocycles. The van der Waals surface area contributed by atoms with Crippen LogP contribution in [0.2, 0.25) is 0 Å². The van der Waals surface area contributed by atoms with Crippen molar-refractivity contribution in [1.82, 2.24) is 9.97 Å². The van der Waals surface area contributed by atoms with E-state index in [0.29, 0.717) is 24.8 Å². The first kappa shape index (κ1) is 14.1. The molecule has 20 heavy (non-hydrogen) atoms. The van der Waals surface area contributed by atoms with Gasteiger partial charge < -0.3 is 14.8 Å². The van der Waals surface area contributed by atoms with Gasteiger partial charge in [0, 0.05) is 25.3 Å². The summed E-state index contributed by atoms with van der Waals surface area (Å²) in [5, 5.41) is 3.00. The molecule has 2 aromatic rings. The van der Waals surface area contributed by atoms with Crippen molar-refractivity contribution in [2.45, 2.75) is 0 Å². The first-order valence-corrected chi connectivity index (χ1v) is 6.21. The van der Waals surface area contributed by atoms with Gasteiger partial charge >= 0.3 is 0 Å². The Morgan fingerprint density at radius 3 is 2.65 bits per heavy atom. The molecule has 2 rings (SSSR count). The van der Waals surface area contributed by atoms with Crippen LogP contribution in [-0.2, 0) is 4.74 Å². The van der Waals surface area contributed by atoms with Crippen molar-refractivity contribution >= 4 is 5.95 Å². The number of hydrogen-bond donors (Lipinski definition) is 2. The summed E-state index contributed by atoms with van der Waals surface area (Å²) < 4.78 is 10.0. The van der Waals surface area contributed by atoms with Crippen LogP contribution in [0.15, 0.2) is 35.1 Å². The van der Waals surface area contributed by atoms with Crippen LogP contribution in [-0.4, -0.2) is 37.3 Å². The summed E-state index contributed by atoms with van der Waals surface area (Å²) in [7, 11) is 3.23. The van der Waals surface area contributed by atoms with Crippen molar-refractivity contribution < 1.29 is 9.47 Å². The highest BCUT2D eigenvalue weighted by molar-refractivity contribution is 5.60. The Labute approximate surface area is 116 Å². The molecule has 0 amide bonds. The SMILES string of the molecule is COCCNc1nc(-c2ccc(OC)cc2)cc(=O)[nH]1. The van der Waals surface area contributed by atoms with E-state index in [1.807, 2.05) is 24.3 Å². The van der Waals surface area contributed by atoms with Crippen LogP contribution in [0.4, 0.5) is 5.95 Å². The zero-order valence-corrected chi connectivity index (χ0v) is 11.5. The molecule has 0 spiro atoms. The number of nitrogens with zero attached hydrogens (tertiary/aromatic N) is 1. The second kappa shape index (κ2) is 6.72. The number of ether oxygens (including phenoxy) is 2. The zero-order valence-electron chi connectivity index (χ0n) is 11.5. The minimum Gasteiger partial charge on any atom is -0.497 e. The highest BCUT2D eigenvalue weighted by Gasteiger charge is 2.04. The van der Waals surface area contributed by atoms with Gasteiger partial charge in [0.25, 0.3) is 5.56 Å². The summed E-state index contributed by atoms with van der Waals surface area (Å²) in [4.78, 5) is 18.7. The van der Waals surface area contributed by atoms with E-state index in [-0.39, 0.29) is 5.56 Å². The second-order valence-corrected chi connectivity index (χ2v) is 4.13. The number of nitrogens with one attached hydrogen (secondary N) is 2. The lowest BCUT2D eigenvalue weighted by molar-refractivity contribution is 0.210. The van der Waals surface area contributed by atoms with Gasteiger partial charge in [0.05, 0.1) is 19.4 Å². The summed E-state index contributed by atoms with van der Waals surface area (Å²) >= 11 is 0. The number of anilines is 1. The average molecular weight is 275 g/mol. The topological polar surface area (TPSA) is 76.2 Å². The third kappa shape index (κ3) is 3.58. The van der Waals surface area contributed by atoms with Gasteiger partial charge in [0.15, 0.2) is 0 Å². The summed E-state index contributed by atoms with van der Waals surface area (Å²) in [6.07, 6.45) is 0. The Kier molecular flexibility index (Phi) is 4.73. The molecule has 1 heterocycles. The van der Waals surface area contributed by atoms with Crippen molar-refractivity contribution in [3.8, 4) is 17.0 Å². The molecule has 0 bridgehead atoms. The van der Waals surface area contributed by atoms with Crippen molar-refractivity contribution in [3.63, 3.8) is 0 Å². The van der Waals surface area contributed by atoms with E-state index in [2.05, 4.69) is 15.3 Å². The highest BCUT2D eigenvalue weighted by Crippen LogP contribution is 2.20. The maximum Gasteiger partial charge on any atom is 0.252 e. The number of H-pyrrole nitrogens is 1. The number of methoxy groups -OCH3 is 2. The first-order valence-electron chi connectivity index (χ1n) is 6.21. The largest absolute Gasteiger partial charge is 0.497 e. The molecule has 0 saturated carbocycles. The van der Waals surface area contributed by atoms with Crippen molar-refractivity contribution in [2.24, 2.45) is 0 Å². The number of aromatic nitrogens is 2. The molecular formula is C14H17N3O3. The average Bonchev–Trinajstić information content (AvgIpc) is 2.47. The molecule has 0 saturated heterocycles. The predicted octanol–water partition coefficient (Wildman–Crippen LogP) is 1.50. The van der Waals surface area contributed by atoms with Crippen LogP contribution < -0.4 is 15.6 Å². The van der Waals surface area contributed by atoms with Crippen LogP contribution in [0.1, 0.15) is 0 Å². The summed E-state index contributed by atoms with van der Waals surface area (Å²) in [5.74, 6) is 1.19. The van der Waals surface area contributed by atoms with Gasteiger partial charge in [-0.1, -0.05) is 0 Å². The lowest BCUT2D eigenvalue weighted by Gasteiger charge is -2.07. The number of rotatable bonds is 6. The predicted molar refractivity (Wildman–Crippen MR) is 77.2 cm³/mol. The van der Waals surface area contributed by atoms with Crippen molar-refractivity contribution in [1.29, 1.82) is 0 Å². The Morgan fingerprint density at radius 1 is 1.25 bits per heavy atom. The lowest BCUT2D eigenvalue weighted by Crippen LogP contribution is -2.15. The molecule has 0 radical (unpaired) electrons. The summed E-state index contributed by atoms with van der Waals surface area (Å²) in [6.45, 7) is 1.11. The maximum atomic E-state index is 11.6. The van der Waals surface area contributed by atoms with Crippen LogP contribution >= 0.6 is 0 Å². The number of hydrogen-bond acceptors (Lipinski definition) is 5. The minimum atomic E-state index is -0.203. The van der Waals surface area contributed by atoms with Crippen LogP contribution in [0.3, 0.4) is 0 Å². The molecule has 1 aromatic heterocycles. The lowest BCUT2D eigenvalue weighted by atomic mass is 10.1. The molecule has 106 valence electrons. The Bertz CT molecular complexity index is 608. The highest BCUT2D eigenvalue weighted by atomic mass is 16.5. The van der Waals surface area contributed by atoms with Gasteiger partial charge in [0.2, 0.25) is 5.95 Å². The fraction of sp³-hybridized carbons (Fsp3) is 0.286. The van der Waals surface area contributed by atoms with E-state index in [1.165, 1.54) is 6.07 Å². The van der Waals surface area contributed by atoms with Gasteiger partial charge in [0.1, 0.15) is 5.75 Å². The van der Waals surface area contributed by atoms with Crippen molar-refractivity contribution in [3.05, 3.63) is 40.7 Å². The first-order chi connectivity index (χ1) is 9.72. The molecule has 0 aliphatic rings. The summed E-state index contributed by atoms with van der Waals surface area (Å²) in [5.41, 5.74) is 1.26.